The van der Waals surface area contributed by atoms with Gasteiger partial charge < -0.3 is 10.1 Å². The van der Waals surface area contributed by atoms with Crippen molar-refractivity contribution in [2.45, 2.75) is 38.9 Å². The Morgan fingerprint density at radius 2 is 1.75 bits per heavy atom. The van der Waals surface area contributed by atoms with Gasteiger partial charge in [-0.05, 0) is 63.1 Å². The summed E-state index contributed by atoms with van der Waals surface area (Å²) in [5, 5.41) is 2.92. The number of hydrogen-bond donors (Lipinski definition) is 3. The molecule has 2 aromatic carbocycles. The molecule has 2 rings (SSSR count). The van der Waals surface area contributed by atoms with Gasteiger partial charge in [-0.2, -0.15) is 0 Å². The normalized spacial score (nSPS) is 11.4. The highest BCUT2D eigenvalue weighted by Crippen LogP contribution is 2.22. The van der Waals surface area contributed by atoms with Crippen molar-refractivity contribution in [3.63, 3.8) is 0 Å². The van der Waals surface area contributed by atoms with Crippen LogP contribution < -0.4 is 20.9 Å². The molecular weight excluding hydrogens is 450 g/mol. The highest BCUT2D eigenvalue weighted by atomic mass is 35.5. The minimum absolute atomic E-state index is 0.123. The lowest BCUT2D eigenvalue weighted by molar-refractivity contribution is -0.128. The first-order valence-corrected chi connectivity index (χ1v) is 11.6. The smallest absolute Gasteiger partial charge is 0.251 e. The Hall–Kier alpha value is -2.71. The molecule has 0 spiro atoms. The summed E-state index contributed by atoms with van der Waals surface area (Å²) in [5.41, 5.74) is 7.52. The van der Waals surface area contributed by atoms with E-state index in [9.17, 15) is 14.4 Å². The average molecular weight is 478 g/mol. The van der Waals surface area contributed by atoms with Crippen LogP contribution in [-0.4, -0.2) is 35.3 Å². The maximum absolute atomic E-state index is 12.1. The third kappa shape index (κ3) is 9.20. The van der Waals surface area contributed by atoms with Crippen molar-refractivity contribution in [3.05, 3.63) is 58.6 Å². The first kappa shape index (κ1) is 25.5. The number of thioether (sulfide) groups is 1. The van der Waals surface area contributed by atoms with Crippen LogP contribution in [-0.2, 0) is 14.4 Å². The molecule has 0 saturated carbocycles. The number of rotatable bonds is 10. The molecule has 7 nitrogen and oxygen atoms in total. The van der Waals surface area contributed by atoms with Gasteiger partial charge in [0, 0.05) is 17.1 Å². The fourth-order valence-electron chi connectivity index (χ4n) is 2.60. The van der Waals surface area contributed by atoms with Gasteiger partial charge in [0.05, 0.1) is 17.6 Å². The molecular formula is C23H28ClN3O4S. The van der Waals surface area contributed by atoms with Crippen molar-refractivity contribution in [3.8, 4) is 5.75 Å². The Balaban J connectivity index is 1.59. The predicted octanol–water partition coefficient (Wildman–Crippen LogP) is 4.02. The lowest BCUT2D eigenvalue weighted by Gasteiger charge is -2.13. The van der Waals surface area contributed by atoms with Gasteiger partial charge in [0.2, 0.25) is 11.8 Å². The number of nitrogens with one attached hydrogen (secondary N) is 3. The van der Waals surface area contributed by atoms with E-state index in [2.05, 4.69) is 16.2 Å². The van der Waals surface area contributed by atoms with Gasteiger partial charge in [-0.1, -0.05) is 29.3 Å². The van der Waals surface area contributed by atoms with Gasteiger partial charge in [0.25, 0.3) is 5.91 Å². The van der Waals surface area contributed by atoms with E-state index in [4.69, 9.17) is 16.3 Å². The zero-order valence-electron chi connectivity index (χ0n) is 18.4. The van der Waals surface area contributed by atoms with E-state index in [1.165, 1.54) is 11.8 Å². The van der Waals surface area contributed by atoms with Crippen LogP contribution in [0.4, 0.5) is 5.69 Å². The van der Waals surface area contributed by atoms with Crippen molar-refractivity contribution in [1.82, 2.24) is 10.9 Å². The fourth-order valence-corrected chi connectivity index (χ4v) is 3.51. The minimum atomic E-state index is -0.504. The highest BCUT2D eigenvalue weighted by molar-refractivity contribution is 8.01. The van der Waals surface area contributed by atoms with E-state index in [1.54, 1.807) is 19.1 Å². The summed E-state index contributed by atoms with van der Waals surface area (Å²) in [6, 6.07) is 12.8. The van der Waals surface area contributed by atoms with Crippen LogP contribution in [0.15, 0.2) is 42.5 Å². The molecule has 2 aromatic rings. The van der Waals surface area contributed by atoms with Gasteiger partial charge in [-0.15, -0.1) is 11.8 Å². The van der Waals surface area contributed by atoms with Crippen LogP contribution in [0.25, 0.3) is 0 Å². The van der Waals surface area contributed by atoms with Crippen molar-refractivity contribution >= 4 is 46.8 Å². The quantitative estimate of drug-likeness (QED) is 0.354. The second kappa shape index (κ2) is 13.0. The van der Waals surface area contributed by atoms with E-state index < -0.39 is 5.25 Å². The maximum atomic E-state index is 12.1. The topological polar surface area (TPSA) is 96.5 Å². The lowest BCUT2D eigenvalue weighted by atomic mass is 10.2. The summed E-state index contributed by atoms with van der Waals surface area (Å²) in [5.74, 6) is -0.0415. The molecule has 0 bridgehead atoms. The highest BCUT2D eigenvalue weighted by Gasteiger charge is 2.16. The number of carbonyl (C=O) groups is 3. The number of hydrazine groups is 1. The Morgan fingerprint density at radius 3 is 2.44 bits per heavy atom. The lowest BCUT2D eigenvalue weighted by Crippen LogP contribution is -2.45. The molecule has 3 N–H and O–H groups in total. The van der Waals surface area contributed by atoms with Gasteiger partial charge >= 0.3 is 0 Å². The summed E-state index contributed by atoms with van der Waals surface area (Å²) in [7, 11) is 0. The first-order chi connectivity index (χ1) is 15.2. The number of benzene rings is 2. The second-order valence-electron chi connectivity index (χ2n) is 7.27. The number of ether oxygens (including phenoxy) is 1. The standard InChI is InChI=1S/C23H28ClN3O4S/c1-15-6-9-19(10-7-15)25-22(29)14-32-17(3)23(30)27-26-21(28)5-4-12-31-20-11-8-18(24)13-16(20)2/h6-11,13,17H,4-5,12,14H2,1-3H3,(H,25,29)(H,26,28)(H,27,30). The van der Waals surface area contributed by atoms with E-state index >= 15 is 0 Å². The molecule has 172 valence electrons. The van der Waals surface area contributed by atoms with Crippen LogP contribution in [0.2, 0.25) is 5.02 Å². The van der Waals surface area contributed by atoms with Gasteiger partial charge in [-0.25, -0.2) is 0 Å². The molecule has 9 heteroatoms. The van der Waals surface area contributed by atoms with Crippen LogP contribution >= 0.6 is 23.4 Å². The molecule has 0 heterocycles. The van der Waals surface area contributed by atoms with E-state index in [-0.39, 0.29) is 29.9 Å². The second-order valence-corrected chi connectivity index (χ2v) is 9.03. The summed E-state index contributed by atoms with van der Waals surface area (Å²) in [6.07, 6.45) is 0.695. The SMILES string of the molecule is Cc1ccc(NC(=O)CSC(C)C(=O)NNC(=O)CCCOc2ccc(Cl)cc2C)cc1. The van der Waals surface area contributed by atoms with E-state index in [1.807, 2.05) is 44.2 Å². The van der Waals surface area contributed by atoms with Crippen LogP contribution in [0, 0.1) is 13.8 Å². The Labute approximate surface area is 197 Å². The van der Waals surface area contributed by atoms with Crippen molar-refractivity contribution in [1.29, 1.82) is 0 Å². The monoisotopic (exact) mass is 477 g/mol. The number of aryl methyl sites for hydroxylation is 2. The number of hydrogen-bond acceptors (Lipinski definition) is 5. The fraction of sp³-hybridized carbons (Fsp3) is 0.348. The largest absolute Gasteiger partial charge is 0.493 e. The Bertz CT molecular complexity index is 937. The predicted molar refractivity (Wildman–Crippen MR) is 129 cm³/mol. The third-order valence-corrected chi connectivity index (χ3v) is 5.81. The first-order valence-electron chi connectivity index (χ1n) is 10.2. The summed E-state index contributed by atoms with van der Waals surface area (Å²) in [6.45, 7) is 5.91. The van der Waals surface area contributed by atoms with Crippen molar-refractivity contribution < 1.29 is 19.1 Å². The third-order valence-electron chi connectivity index (χ3n) is 4.44. The van der Waals surface area contributed by atoms with Gasteiger partial charge in [0.1, 0.15) is 5.75 Å². The van der Waals surface area contributed by atoms with E-state index in [0.29, 0.717) is 23.7 Å². The Morgan fingerprint density at radius 1 is 1.03 bits per heavy atom. The molecule has 0 saturated heterocycles. The average Bonchev–Trinajstić information content (AvgIpc) is 2.76. The van der Waals surface area contributed by atoms with Gasteiger partial charge in [-0.3, -0.25) is 25.2 Å². The van der Waals surface area contributed by atoms with Crippen LogP contribution in [0.1, 0.15) is 30.9 Å². The van der Waals surface area contributed by atoms with E-state index in [0.717, 1.165) is 16.9 Å². The maximum Gasteiger partial charge on any atom is 0.251 e. The van der Waals surface area contributed by atoms with Crippen LogP contribution in [0.3, 0.4) is 0 Å². The molecule has 1 unspecified atom stereocenters. The molecule has 0 radical (unpaired) electrons. The van der Waals surface area contributed by atoms with Crippen molar-refractivity contribution in [2.24, 2.45) is 0 Å². The molecule has 0 aliphatic heterocycles. The molecule has 0 aromatic heterocycles. The van der Waals surface area contributed by atoms with Gasteiger partial charge in [0.15, 0.2) is 0 Å². The van der Waals surface area contributed by atoms with Crippen molar-refractivity contribution in [2.75, 3.05) is 17.7 Å². The summed E-state index contributed by atoms with van der Waals surface area (Å²) in [4.78, 5) is 36.1. The number of halogens is 1. The molecule has 1 atom stereocenters. The zero-order valence-corrected chi connectivity index (χ0v) is 19.9. The zero-order chi connectivity index (χ0) is 23.5. The number of carbonyl (C=O) groups excluding carboxylic acids is 3. The molecule has 0 aliphatic carbocycles. The van der Waals surface area contributed by atoms with Crippen LogP contribution in [0.5, 0.6) is 5.75 Å². The molecule has 0 fully saturated rings. The summed E-state index contributed by atoms with van der Waals surface area (Å²) >= 11 is 7.09. The molecule has 32 heavy (non-hydrogen) atoms. The number of anilines is 1. The number of amides is 3. The molecule has 0 aliphatic rings. The molecule has 3 amide bonds. The Kier molecular flexibility index (Phi) is 10.4. The summed E-state index contributed by atoms with van der Waals surface area (Å²) < 4.78 is 5.64. The minimum Gasteiger partial charge on any atom is -0.493 e.